The van der Waals surface area contributed by atoms with Gasteiger partial charge in [-0.25, -0.2) is 0 Å². The van der Waals surface area contributed by atoms with Crippen LogP contribution in [0.15, 0.2) is 0 Å². The highest BCUT2D eigenvalue weighted by molar-refractivity contribution is 5.70. The van der Waals surface area contributed by atoms with Crippen LogP contribution < -0.4 is 10.8 Å². The van der Waals surface area contributed by atoms with Crippen LogP contribution in [0.25, 0.3) is 0 Å². The Morgan fingerprint density at radius 3 is 1.92 bits per heavy atom. The molecule has 1 heterocycles. The van der Waals surface area contributed by atoms with Crippen LogP contribution in [0.2, 0.25) is 0 Å². The van der Waals surface area contributed by atoms with Crippen LogP contribution in [0.1, 0.15) is 6.92 Å². The highest BCUT2D eigenvalue weighted by Crippen LogP contribution is 2.11. The number of alkyl halides is 3. The first-order chi connectivity index (χ1) is 5.75. The fourth-order valence-electron chi connectivity index (χ4n) is 0.425. The molecule has 0 aromatic carbocycles. The van der Waals surface area contributed by atoms with E-state index in [1.165, 1.54) is 0 Å². The SMILES string of the molecule is CC1OCC1[NH3+].O=C([O-])C(F)(F)F. The lowest BCUT2D eigenvalue weighted by atomic mass is 10.1. The molecule has 0 saturated carbocycles. The number of hydrogen-bond donors (Lipinski definition) is 1. The summed E-state index contributed by atoms with van der Waals surface area (Å²) < 4.78 is 36.5. The van der Waals surface area contributed by atoms with Gasteiger partial charge in [0.15, 0.2) is 0 Å². The molecular weight excluding hydrogens is 191 g/mol. The molecule has 1 fully saturated rings. The minimum atomic E-state index is -5.19. The lowest BCUT2D eigenvalue weighted by Gasteiger charge is -2.26. The topological polar surface area (TPSA) is 77.0 Å². The quantitative estimate of drug-likeness (QED) is 0.508. The fraction of sp³-hybridized carbons (Fsp3) is 0.833. The van der Waals surface area contributed by atoms with Crippen molar-refractivity contribution >= 4 is 5.97 Å². The summed E-state index contributed by atoms with van der Waals surface area (Å²) in [7, 11) is 0. The number of aliphatic carboxylic acids is 1. The first kappa shape index (κ1) is 12.2. The summed E-state index contributed by atoms with van der Waals surface area (Å²) >= 11 is 0. The Morgan fingerprint density at radius 1 is 1.62 bits per heavy atom. The third-order valence-corrected chi connectivity index (χ3v) is 1.47. The normalized spacial score (nSPS) is 26.8. The van der Waals surface area contributed by atoms with E-state index in [2.05, 4.69) is 5.73 Å². The van der Waals surface area contributed by atoms with Crippen molar-refractivity contribution < 1.29 is 33.5 Å². The zero-order chi connectivity index (χ0) is 10.6. The predicted octanol–water partition coefficient (Wildman–Crippen LogP) is -1.69. The van der Waals surface area contributed by atoms with Gasteiger partial charge in [-0.3, -0.25) is 0 Å². The number of carboxylic acid groups (broad SMARTS) is 1. The molecule has 0 aromatic heterocycles. The fourth-order valence-corrected chi connectivity index (χ4v) is 0.425. The second kappa shape index (κ2) is 4.43. The molecule has 1 saturated heterocycles. The maximum Gasteiger partial charge on any atom is 0.430 e. The van der Waals surface area contributed by atoms with Gasteiger partial charge in [0.05, 0.1) is 0 Å². The summed E-state index contributed by atoms with van der Waals surface area (Å²) in [4.78, 5) is 8.78. The monoisotopic (exact) mass is 201 g/mol. The van der Waals surface area contributed by atoms with Crippen LogP contribution >= 0.6 is 0 Å². The number of hydrogen-bond acceptors (Lipinski definition) is 3. The molecular formula is C6H10F3NO3. The van der Waals surface area contributed by atoms with Crippen molar-refractivity contribution in [2.45, 2.75) is 25.2 Å². The van der Waals surface area contributed by atoms with Crippen molar-refractivity contribution in [1.82, 2.24) is 0 Å². The van der Waals surface area contributed by atoms with Gasteiger partial charge in [0, 0.05) is 0 Å². The van der Waals surface area contributed by atoms with Gasteiger partial charge in [-0.1, -0.05) is 0 Å². The van der Waals surface area contributed by atoms with E-state index < -0.39 is 12.1 Å². The molecule has 13 heavy (non-hydrogen) atoms. The zero-order valence-corrected chi connectivity index (χ0v) is 6.93. The van der Waals surface area contributed by atoms with E-state index in [9.17, 15) is 13.2 Å². The molecule has 1 rings (SSSR count). The lowest BCUT2D eigenvalue weighted by Crippen LogP contribution is -2.73. The van der Waals surface area contributed by atoms with Gasteiger partial charge in [-0.15, -0.1) is 0 Å². The summed E-state index contributed by atoms with van der Waals surface area (Å²) in [6, 6.07) is 0.560. The van der Waals surface area contributed by atoms with Gasteiger partial charge >= 0.3 is 6.18 Å². The number of quaternary nitrogens is 1. The van der Waals surface area contributed by atoms with Gasteiger partial charge in [-0.2, -0.15) is 13.2 Å². The van der Waals surface area contributed by atoms with Crippen molar-refractivity contribution in [3.63, 3.8) is 0 Å². The summed E-state index contributed by atoms with van der Waals surface area (Å²) in [6.07, 6.45) is -4.77. The van der Waals surface area contributed by atoms with Gasteiger partial charge in [-0.05, 0) is 6.92 Å². The maximum atomic E-state index is 10.5. The third kappa shape index (κ3) is 4.69. The smallest absolute Gasteiger partial charge is 0.430 e. The van der Waals surface area contributed by atoms with E-state index in [-0.39, 0.29) is 0 Å². The molecule has 0 amide bonds. The molecule has 4 nitrogen and oxygen atoms in total. The average Bonchev–Trinajstić information content (AvgIpc) is 2.00. The van der Waals surface area contributed by atoms with Crippen LogP contribution in [0.4, 0.5) is 13.2 Å². The molecule has 1 aliphatic rings. The molecule has 2 atom stereocenters. The number of carbonyl (C=O) groups excluding carboxylic acids is 1. The molecule has 0 aliphatic carbocycles. The maximum absolute atomic E-state index is 10.5. The highest BCUT2D eigenvalue weighted by atomic mass is 19.4. The number of rotatable bonds is 0. The first-order valence-electron chi connectivity index (χ1n) is 3.48. The van der Waals surface area contributed by atoms with Crippen LogP contribution in [0.3, 0.4) is 0 Å². The van der Waals surface area contributed by atoms with Crippen molar-refractivity contribution in [3.8, 4) is 0 Å². The van der Waals surface area contributed by atoms with E-state index in [1.807, 2.05) is 6.92 Å². The Balaban J connectivity index is 0.000000223. The Morgan fingerprint density at radius 2 is 1.92 bits per heavy atom. The summed E-state index contributed by atoms with van der Waals surface area (Å²) in [5.74, 6) is -3.01. The minimum absolute atomic E-state index is 0.421. The van der Waals surface area contributed by atoms with Crippen molar-refractivity contribution in [1.29, 1.82) is 0 Å². The van der Waals surface area contributed by atoms with E-state index in [1.54, 1.807) is 0 Å². The van der Waals surface area contributed by atoms with E-state index >= 15 is 0 Å². The van der Waals surface area contributed by atoms with Gasteiger partial charge in [0.2, 0.25) is 0 Å². The number of halogens is 3. The Labute approximate surface area is 72.5 Å². The standard InChI is InChI=1S/C4H9NO.C2HF3O2/c1-3-4(5)2-6-3;3-2(4,5)1(6)7/h3-4H,2,5H2,1H3;(H,6,7). The van der Waals surface area contributed by atoms with Crippen LogP contribution in [-0.4, -0.2) is 30.9 Å². The Hall–Kier alpha value is -0.820. The van der Waals surface area contributed by atoms with Crippen molar-refractivity contribution in [3.05, 3.63) is 0 Å². The number of carbonyl (C=O) groups is 1. The average molecular weight is 201 g/mol. The molecule has 0 aromatic rings. The van der Waals surface area contributed by atoms with Crippen LogP contribution in [0, 0.1) is 0 Å². The number of carboxylic acids is 1. The zero-order valence-electron chi connectivity index (χ0n) is 6.93. The third-order valence-electron chi connectivity index (χ3n) is 1.47. The van der Waals surface area contributed by atoms with Gasteiger partial charge < -0.3 is 20.4 Å². The molecule has 1 aliphatic heterocycles. The molecule has 0 radical (unpaired) electrons. The van der Waals surface area contributed by atoms with E-state index in [0.717, 1.165) is 6.61 Å². The highest BCUT2D eigenvalue weighted by Gasteiger charge is 2.28. The summed E-state index contributed by atoms with van der Waals surface area (Å²) in [5, 5.41) is 8.78. The predicted molar refractivity (Wildman–Crippen MR) is 33.2 cm³/mol. The molecule has 7 heteroatoms. The van der Waals surface area contributed by atoms with E-state index in [0.29, 0.717) is 12.1 Å². The van der Waals surface area contributed by atoms with Gasteiger partial charge in [0.1, 0.15) is 24.7 Å². The molecule has 3 N–H and O–H groups in total. The molecule has 78 valence electrons. The molecule has 2 unspecified atom stereocenters. The Bertz CT molecular complexity index is 174. The lowest BCUT2D eigenvalue weighted by molar-refractivity contribution is -0.480. The summed E-state index contributed by atoms with van der Waals surface area (Å²) in [5.41, 5.74) is 3.80. The van der Waals surface area contributed by atoms with Crippen molar-refractivity contribution in [2.75, 3.05) is 6.61 Å². The second-order valence-electron chi connectivity index (χ2n) is 2.58. The number of ether oxygens (including phenoxy) is 1. The molecule has 0 spiro atoms. The second-order valence-corrected chi connectivity index (χ2v) is 2.58. The Kier molecular flexibility index (Phi) is 4.15. The van der Waals surface area contributed by atoms with Gasteiger partial charge in [0.25, 0.3) is 0 Å². The first-order valence-corrected chi connectivity index (χ1v) is 3.48. The van der Waals surface area contributed by atoms with E-state index in [4.69, 9.17) is 14.6 Å². The van der Waals surface area contributed by atoms with Crippen LogP contribution in [-0.2, 0) is 9.53 Å². The minimum Gasteiger partial charge on any atom is -0.542 e. The molecule has 0 bridgehead atoms. The van der Waals surface area contributed by atoms with Crippen LogP contribution in [0.5, 0.6) is 0 Å². The summed E-state index contributed by atoms with van der Waals surface area (Å²) in [6.45, 7) is 2.91. The van der Waals surface area contributed by atoms with Crippen molar-refractivity contribution in [2.24, 2.45) is 0 Å². The largest absolute Gasteiger partial charge is 0.542 e.